The summed E-state index contributed by atoms with van der Waals surface area (Å²) < 4.78 is 0. The molecule has 0 bridgehead atoms. The highest BCUT2D eigenvalue weighted by atomic mass is 16.4. The minimum absolute atomic E-state index is 0.103. The molecule has 0 aromatic rings. The number of aliphatic hydroxyl groups excluding tert-OH is 7. The van der Waals surface area contributed by atoms with Crippen LogP contribution >= 0.6 is 0 Å². The van der Waals surface area contributed by atoms with Gasteiger partial charge in [0.05, 0.1) is 63.6 Å². The molecular formula is C40H74N9O19-. The number of β-amino-alcohol motifs (C(OH)–C–C–N with tert-alkyl or cyclic N) is 2. The predicted octanol–water partition coefficient (Wildman–Crippen LogP) is -9.94. The van der Waals surface area contributed by atoms with Crippen LogP contribution in [0.1, 0.15) is 0 Å². The van der Waals surface area contributed by atoms with Crippen LogP contribution in [0.2, 0.25) is 0 Å². The van der Waals surface area contributed by atoms with E-state index in [1.807, 2.05) is 0 Å². The Kier molecular flexibility index (Phi) is 28.5. The van der Waals surface area contributed by atoms with E-state index in [9.17, 15) is 95.2 Å². The highest BCUT2D eigenvalue weighted by Gasteiger charge is 2.33. The fourth-order valence-corrected chi connectivity index (χ4v) is 8.08. The Balaban J connectivity index is 2.38. The highest BCUT2D eigenvalue weighted by Crippen LogP contribution is 2.11. The van der Waals surface area contributed by atoms with Crippen LogP contribution in [-0.4, -0.2) is 361 Å². The summed E-state index contributed by atoms with van der Waals surface area (Å²) in [6, 6.07) is 0. The van der Waals surface area contributed by atoms with Gasteiger partial charge in [-0.3, -0.25) is 68.1 Å². The van der Waals surface area contributed by atoms with Gasteiger partial charge in [-0.25, -0.2) is 0 Å². The van der Waals surface area contributed by atoms with Crippen LogP contribution in [0.15, 0.2) is 0 Å². The quantitative estimate of drug-likeness (QED) is 0.0383. The Labute approximate surface area is 394 Å². The highest BCUT2D eigenvalue weighted by molar-refractivity contribution is 5.70. The van der Waals surface area contributed by atoms with E-state index in [4.69, 9.17) is 0 Å². The van der Waals surface area contributed by atoms with Gasteiger partial charge in [-0.2, -0.15) is 0 Å². The van der Waals surface area contributed by atoms with Crippen LogP contribution in [-0.2, 0) is 28.8 Å². The lowest BCUT2D eigenvalue weighted by Crippen LogP contribution is -2.54. The molecule has 0 radical (unpaired) electrons. The number of carbonyl (C=O) groups excluding carboxylic acids is 1. The minimum Gasteiger partial charge on any atom is -0.549 e. The monoisotopic (exact) mass is 985 g/mol. The lowest BCUT2D eigenvalue weighted by Gasteiger charge is -2.36. The summed E-state index contributed by atoms with van der Waals surface area (Å²) in [4.78, 5) is 84.5. The largest absolute Gasteiger partial charge is 0.549 e. The van der Waals surface area contributed by atoms with Crippen LogP contribution in [0.5, 0.6) is 0 Å². The van der Waals surface area contributed by atoms with Crippen LogP contribution < -0.4 is 5.11 Å². The van der Waals surface area contributed by atoms with Crippen molar-refractivity contribution < 1.29 is 95.2 Å². The normalized spacial score (nSPS) is 21.5. The summed E-state index contributed by atoms with van der Waals surface area (Å²) in [6.07, 6.45) is -10.2. The number of nitrogens with zero attached hydrogens (tertiary/aromatic N) is 9. The molecule has 28 heteroatoms. The van der Waals surface area contributed by atoms with E-state index >= 15 is 0 Å². The number of aliphatic hydroxyl groups is 7. The molecular weight excluding hydrogens is 910 g/mol. The second-order valence-electron chi connectivity index (χ2n) is 17.4. The second kappa shape index (κ2) is 32.1. The van der Waals surface area contributed by atoms with Gasteiger partial charge < -0.3 is 71.2 Å². The van der Waals surface area contributed by atoms with Gasteiger partial charge in [-0.05, 0) is 0 Å². The Morgan fingerprint density at radius 1 is 0.382 bits per heavy atom. The van der Waals surface area contributed by atoms with Crippen molar-refractivity contribution in [3.8, 4) is 0 Å². The lowest BCUT2D eigenvalue weighted by atomic mass is 10.0. The van der Waals surface area contributed by atoms with E-state index in [0.29, 0.717) is 0 Å². The van der Waals surface area contributed by atoms with Gasteiger partial charge in [0.2, 0.25) is 0 Å². The van der Waals surface area contributed by atoms with Gasteiger partial charge in [-0.15, -0.1) is 0 Å². The average Bonchev–Trinajstić information content (AvgIpc) is 3.23. The van der Waals surface area contributed by atoms with Crippen LogP contribution in [0.4, 0.5) is 0 Å². The molecule has 0 spiro atoms. The molecule has 12 N–H and O–H groups in total. The van der Waals surface area contributed by atoms with Crippen molar-refractivity contribution in [3.63, 3.8) is 0 Å². The zero-order valence-corrected chi connectivity index (χ0v) is 38.5. The first-order valence-corrected chi connectivity index (χ1v) is 22.5. The van der Waals surface area contributed by atoms with Crippen LogP contribution in [0.25, 0.3) is 0 Å². The zero-order chi connectivity index (χ0) is 50.9. The fourth-order valence-electron chi connectivity index (χ4n) is 8.08. The van der Waals surface area contributed by atoms with E-state index < -0.39 is 92.1 Å². The Hall–Kier alpha value is -3.82. The fraction of sp³-hybridized carbons (Fsp3) is 0.850. The van der Waals surface area contributed by atoms with Crippen molar-refractivity contribution in [1.29, 1.82) is 0 Å². The maximum absolute atomic E-state index is 11.8. The molecule has 394 valence electrons. The number of carbonyl (C=O) groups is 6. The average molecular weight is 985 g/mol. The number of aliphatic carboxylic acids is 6. The first kappa shape index (κ1) is 60.3. The number of rotatable bonds is 26. The molecule has 2 saturated heterocycles. The third-order valence-corrected chi connectivity index (χ3v) is 11.7. The molecule has 2 aliphatic rings. The maximum Gasteiger partial charge on any atom is 0.317 e. The summed E-state index contributed by atoms with van der Waals surface area (Å²) in [5.74, 6) is -6.99. The van der Waals surface area contributed by atoms with Crippen LogP contribution in [0.3, 0.4) is 0 Å². The molecule has 0 amide bonds. The Morgan fingerprint density at radius 3 is 0.853 bits per heavy atom. The SMILES string of the molecule is O=C([O-])CN1CCN(CC(=O)O)CCN(CC(=O)O)CCN(CC(O)CN(CC(O)CN2CCN(CC(=O)O)CCN(CC(=O)O)CCN(CC(=O)O)CC2)CC(O)C(O)C(O)C(O)CO)CC1. The van der Waals surface area contributed by atoms with Crippen molar-refractivity contribution in [2.24, 2.45) is 0 Å². The summed E-state index contributed by atoms with van der Waals surface area (Å²) in [6.45, 7) is -2.17. The molecule has 2 fully saturated rings. The van der Waals surface area contributed by atoms with Crippen molar-refractivity contribution in [1.82, 2.24) is 44.1 Å². The summed E-state index contributed by atoms with van der Waals surface area (Å²) in [5.41, 5.74) is 0. The van der Waals surface area contributed by atoms with Crippen LogP contribution in [0, 0.1) is 0 Å². The first-order valence-electron chi connectivity index (χ1n) is 22.5. The molecule has 2 aliphatic heterocycles. The summed E-state index contributed by atoms with van der Waals surface area (Å²) >= 11 is 0. The van der Waals surface area contributed by atoms with E-state index in [1.165, 1.54) is 4.90 Å². The van der Waals surface area contributed by atoms with Gasteiger partial charge in [0.25, 0.3) is 0 Å². The Bertz CT molecular complexity index is 1390. The van der Waals surface area contributed by atoms with Gasteiger partial charge >= 0.3 is 29.8 Å². The minimum atomic E-state index is -2.01. The van der Waals surface area contributed by atoms with Crippen molar-refractivity contribution in [2.75, 3.05) is 183 Å². The molecule has 0 aliphatic carbocycles. The van der Waals surface area contributed by atoms with E-state index in [0.717, 1.165) is 0 Å². The molecule has 0 aromatic carbocycles. The number of hydrogen-bond donors (Lipinski definition) is 12. The summed E-state index contributed by atoms with van der Waals surface area (Å²) in [5, 5.41) is 134. The van der Waals surface area contributed by atoms with E-state index in [2.05, 4.69) is 0 Å². The third kappa shape index (κ3) is 26.2. The van der Waals surface area contributed by atoms with Gasteiger partial charge in [0, 0.05) is 144 Å². The molecule has 0 aromatic heterocycles. The van der Waals surface area contributed by atoms with Crippen molar-refractivity contribution >= 4 is 35.8 Å². The third-order valence-electron chi connectivity index (χ3n) is 11.7. The lowest BCUT2D eigenvalue weighted by molar-refractivity contribution is -0.306. The molecule has 2 rings (SSSR count). The molecule has 0 saturated carbocycles. The van der Waals surface area contributed by atoms with Gasteiger partial charge in [0.1, 0.15) is 18.3 Å². The van der Waals surface area contributed by atoms with E-state index in [-0.39, 0.29) is 164 Å². The number of carboxylic acids is 6. The van der Waals surface area contributed by atoms with Gasteiger partial charge in [-0.1, -0.05) is 0 Å². The zero-order valence-electron chi connectivity index (χ0n) is 38.5. The Morgan fingerprint density at radius 2 is 0.618 bits per heavy atom. The molecule has 2 heterocycles. The summed E-state index contributed by atoms with van der Waals surface area (Å²) in [7, 11) is 0. The number of hydrogen-bond acceptors (Lipinski definition) is 23. The van der Waals surface area contributed by atoms with E-state index in [1.54, 1.807) is 39.2 Å². The standard InChI is InChI=1S/C40H75N9O19/c50-28-32(54)40(68)39(67)31(53)21-49(19-29(51)17-41-1-5-43(22-33(55)56)9-13-47(26-37(63)64)14-10-44(6-2-41)23-34(57)58)20-30(52)18-42-3-7-45(24-35(59)60)11-15-48(27-38(65)66)16-12-46(8-4-42)25-36(61)62/h29-32,39-40,50-54,67-68H,1-28H2,(H,55,56)(H,57,58)(H,59,60)(H,61,62)(H,63,64)(H,65,66)/p-1. The second-order valence-corrected chi connectivity index (χ2v) is 17.4. The predicted molar refractivity (Wildman–Crippen MR) is 234 cm³/mol. The molecule has 6 unspecified atom stereocenters. The van der Waals surface area contributed by atoms with Gasteiger partial charge in [0.15, 0.2) is 0 Å². The van der Waals surface area contributed by atoms with Crippen molar-refractivity contribution in [2.45, 2.75) is 36.6 Å². The van der Waals surface area contributed by atoms with Crippen molar-refractivity contribution in [3.05, 3.63) is 0 Å². The first-order chi connectivity index (χ1) is 32.0. The molecule has 68 heavy (non-hydrogen) atoms. The number of carboxylic acid groups (broad SMARTS) is 6. The molecule has 6 atom stereocenters. The smallest absolute Gasteiger partial charge is 0.317 e. The molecule has 28 nitrogen and oxygen atoms in total. The topological polar surface area (TPSA) is 397 Å². The maximum atomic E-state index is 11.8.